The van der Waals surface area contributed by atoms with Crippen LogP contribution in [0, 0.1) is 0 Å². The zero-order valence-electron chi connectivity index (χ0n) is 20.6. The predicted molar refractivity (Wildman–Crippen MR) is 137 cm³/mol. The third kappa shape index (κ3) is 9.94. The maximum Gasteiger partial charge on any atom is 0.428 e. The van der Waals surface area contributed by atoms with E-state index in [9.17, 15) is 13.2 Å². The minimum atomic E-state index is -3.48. The number of carbonyl (C=O) groups is 1. The van der Waals surface area contributed by atoms with Crippen molar-refractivity contribution in [3.63, 3.8) is 0 Å². The topological polar surface area (TPSA) is 149 Å². The monoisotopic (exact) mass is 530 g/mol. The van der Waals surface area contributed by atoms with E-state index in [2.05, 4.69) is 21.6 Å². The van der Waals surface area contributed by atoms with Gasteiger partial charge in [0.1, 0.15) is 18.1 Å². The SMILES string of the molecule is CC(Cc1ccccc1OCc1ccnc(NS(C)(=O)=O)n1)c1cccc(OCCCONC(=O)O)c1. The standard InChI is InChI=1S/C25H30N4O7S/c1-18(19-8-5-9-22(16-19)34-13-6-14-36-28-25(30)31)15-20-7-3-4-10-23(20)35-17-21-11-12-26-24(27-21)29-37(2,32)33/h3-5,7-12,16,18,28H,6,13-15,17H2,1-2H3,(H,30,31)(H,26,27,29). The first-order chi connectivity index (χ1) is 17.7. The Morgan fingerprint density at radius 3 is 2.68 bits per heavy atom. The smallest absolute Gasteiger partial charge is 0.428 e. The van der Waals surface area contributed by atoms with Gasteiger partial charge in [-0.15, -0.1) is 0 Å². The van der Waals surface area contributed by atoms with Crippen molar-refractivity contribution in [2.75, 3.05) is 24.2 Å². The predicted octanol–water partition coefficient (Wildman–Crippen LogP) is 3.74. The van der Waals surface area contributed by atoms with Crippen LogP contribution in [-0.4, -0.2) is 49.1 Å². The molecule has 1 amide bonds. The van der Waals surface area contributed by atoms with Crippen molar-refractivity contribution in [3.8, 4) is 11.5 Å². The van der Waals surface area contributed by atoms with E-state index >= 15 is 0 Å². The normalized spacial score (nSPS) is 11.9. The Balaban J connectivity index is 1.57. The third-order valence-corrected chi connectivity index (χ3v) is 5.66. The van der Waals surface area contributed by atoms with Crippen molar-refractivity contribution in [1.82, 2.24) is 15.4 Å². The lowest BCUT2D eigenvalue weighted by Crippen LogP contribution is -2.22. The average Bonchev–Trinajstić information content (AvgIpc) is 2.85. The fourth-order valence-corrected chi connectivity index (χ4v) is 3.88. The molecule has 11 nitrogen and oxygen atoms in total. The van der Waals surface area contributed by atoms with E-state index in [0.29, 0.717) is 24.5 Å². The maximum absolute atomic E-state index is 11.4. The summed E-state index contributed by atoms with van der Waals surface area (Å²) < 4.78 is 36.9. The van der Waals surface area contributed by atoms with Gasteiger partial charge in [-0.05, 0) is 47.7 Å². The molecule has 0 radical (unpaired) electrons. The van der Waals surface area contributed by atoms with Crippen LogP contribution >= 0.6 is 0 Å². The number of amides is 1. The van der Waals surface area contributed by atoms with Crippen molar-refractivity contribution in [2.24, 2.45) is 0 Å². The fraction of sp³-hybridized carbons (Fsp3) is 0.320. The molecule has 0 saturated heterocycles. The van der Waals surface area contributed by atoms with Gasteiger partial charge >= 0.3 is 6.09 Å². The highest BCUT2D eigenvalue weighted by Crippen LogP contribution is 2.28. The van der Waals surface area contributed by atoms with Crippen LogP contribution in [0.5, 0.6) is 11.5 Å². The molecule has 1 heterocycles. The molecular weight excluding hydrogens is 500 g/mol. The summed E-state index contributed by atoms with van der Waals surface area (Å²) >= 11 is 0. The van der Waals surface area contributed by atoms with Gasteiger partial charge < -0.3 is 14.6 Å². The van der Waals surface area contributed by atoms with Gasteiger partial charge in [0.25, 0.3) is 0 Å². The highest BCUT2D eigenvalue weighted by molar-refractivity contribution is 7.91. The van der Waals surface area contributed by atoms with Crippen LogP contribution in [0.25, 0.3) is 0 Å². The number of benzene rings is 2. The van der Waals surface area contributed by atoms with E-state index in [1.807, 2.05) is 54.0 Å². The van der Waals surface area contributed by atoms with Crippen LogP contribution in [0.15, 0.2) is 60.8 Å². The quantitative estimate of drug-likeness (QED) is 0.209. The number of rotatable bonds is 14. The van der Waals surface area contributed by atoms with Gasteiger partial charge in [0.15, 0.2) is 0 Å². The lowest BCUT2D eigenvalue weighted by molar-refractivity contribution is 0.0362. The maximum atomic E-state index is 11.4. The zero-order chi connectivity index (χ0) is 26.7. The van der Waals surface area contributed by atoms with Crippen molar-refractivity contribution in [2.45, 2.75) is 32.3 Å². The van der Waals surface area contributed by atoms with E-state index in [4.69, 9.17) is 19.4 Å². The molecule has 0 spiro atoms. The number of sulfonamides is 1. The van der Waals surface area contributed by atoms with Crippen LogP contribution in [0.4, 0.5) is 10.7 Å². The summed E-state index contributed by atoms with van der Waals surface area (Å²) in [7, 11) is -3.48. The summed E-state index contributed by atoms with van der Waals surface area (Å²) in [4.78, 5) is 23.2. The molecule has 1 atom stereocenters. The van der Waals surface area contributed by atoms with Gasteiger partial charge in [-0.25, -0.2) is 23.2 Å². The first-order valence-corrected chi connectivity index (χ1v) is 13.4. The summed E-state index contributed by atoms with van der Waals surface area (Å²) in [6.45, 7) is 2.88. The van der Waals surface area contributed by atoms with Gasteiger partial charge in [0, 0.05) is 12.6 Å². The van der Waals surface area contributed by atoms with Crippen LogP contribution in [0.1, 0.15) is 36.1 Å². The highest BCUT2D eigenvalue weighted by atomic mass is 32.2. The van der Waals surface area contributed by atoms with Gasteiger partial charge in [-0.3, -0.25) is 9.56 Å². The molecule has 3 aromatic rings. The molecule has 37 heavy (non-hydrogen) atoms. The number of para-hydroxylation sites is 1. The Labute approximate surface area is 215 Å². The van der Waals surface area contributed by atoms with E-state index in [1.165, 1.54) is 6.20 Å². The number of nitrogens with zero attached hydrogens (tertiary/aromatic N) is 2. The zero-order valence-corrected chi connectivity index (χ0v) is 21.4. The van der Waals surface area contributed by atoms with E-state index < -0.39 is 16.1 Å². The van der Waals surface area contributed by atoms with Crippen molar-refractivity contribution < 1.29 is 32.6 Å². The summed E-state index contributed by atoms with van der Waals surface area (Å²) in [5.74, 6) is 1.60. The second kappa shape index (κ2) is 13.4. The minimum absolute atomic E-state index is 0.00272. The molecule has 1 unspecified atom stereocenters. The first-order valence-electron chi connectivity index (χ1n) is 11.5. The molecule has 3 rings (SSSR count). The molecular formula is C25H30N4O7S. The largest absolute Gasteiger partial charge is 0.493 e. The van der Waals surface area contributed by atoms with Gasteiger partial charge in [0.05, 0.1) is 25.2 Å². The molecule has 1 aromatic heterocycles. The summed E-state index contributed by atoms with van der Waals surface area (Å²) in [6, 6.07) is 17.2. The summed E-state index contributed by atoms with van der Waals surface area (Å²) in [6.07, 6.45) is 2.53. The summed E-state index contributed by atoms with van der Waals surface area (Å²) in [5.41, 5.74) is 4.51. The lowest BCUT2D eigenvalue weighted by atomic mass is 9.93. The van der Waals surface area contributed by atoms with Crippen molar-refractivity contribution in [3.05, 3.63) is 77.6 Å². The van der Waals surface area contributed by atoms with Crippen LogP contribution in [0.2, 0.25) is 0 Å². The third-order valence-electron chi connectivity index (χ3n) is 5.11. The molecule has 0 aliphatic carbocycles. The van der Waals surface area contributed by atoms with Crippen LogP contribution < -0.4 is 19.7 Å². The van der Waals surface area contributed by atoms with Crippen LogP contribution in [0.3, 0.4) is 0 Å². The number of hydrogen-bond acceptors (Lipinski definition) is 8. The average molecular weight is 531 g/mol. The number of nitrogens with one attached hydrogen (secondary N) is 2. The van der Waals surface area contributed by atoms with E-state index in [1.54, 1.807) is 6.07 Å². The van der Waals surface area contributed by atoms with Gasteiger partial charge in [0.2, 0.25) is 16.0 Å². The lowest BCUT2D eigenvalue weighted by Gasteiger charge is -2.17. The van der Waals surface area contributed by atoms with Crippen LogP contribution in [-0.2, 0) is 27.9 Å². The van der Waals surface area contributed by atoms with Crippen molar-refractivity contribution >= 4 is 22.1 Å². The molecule has 0 saturated carbocycles. The first kappa shape index (κ1) is 27.7. The number of carboxylic acid groups (broad SMARTS) is 1. The number of anilines is 1. The molecule has 12 heteroatoms. The number of aromatic nitrogens is 2. The molecule has 0 fully saturated rings. The minimum Gasteiger partial charge on any atom is -0.493 e. The van der Waals surface area contributed by atoms with Gasteiger partial charge in [-0.2, -0.15) is 5.48 Å². The fourth-order valence-electron chi connectivity index (χ4n) is 3.45. The Hall–Kier alpha value is -3.90. The molecule has 198 valence electrons. The Morgan fingerprint density at radius 2 is 1.89 bits per heavy atom. The number of hydroxylamine groups is 1. The number of hydrogen-bond donors (Lipinski definition) is 3. The molecule has 0 aliphatic heterocycles. The highest BCUT2D eigenvalue weighted by Gasteiger charge is 2.13. The molecule has 2 aromatic carbocycles. The molecule has 0 bridgehead atoms. The Bertz CT molecular complexity index is 1290. The van der Waals surface area contributed by atoms with Crippen molar-refractivity contribution in [1.29, 1.82) is 0 Å². The number of ether oxygens (including phenoxy) is 2. The molecule has 3 N–H and O–H groups in total. The van der Waals surface area contributed by atoms with E-state index in [0.717, 1.165) is 29.6 Å². The Kier molecular flexibility index (Phi) is 10.0. The van der Waals surface area contributed by atoms with Gasteiger partial charge in [-0.1, -0.05) is 37.3 Å². The Morgan fingerprint density at radius 1 is 1.08 bits per heavy atom. The second-order valence-electron chi connectivity index (χ2n) is 8.28. The summed E-state index contributed by atoms with van der Waals surface area (Å²) in [5, 5.41) is 8.48. The second-order valence-corrected chi connectivity index (χ2v) is 10.0. The molecule has 0 aliphatic rings. The van der Waals surface area contributed by atoms with E-state index in [-0.39, 0.29) is 25.1 Å².